The Bertz CT molecular complexity index is 565. The first-order chi connectivity index (χ1) is 9.25. The van der Waals surface area contributed by atoms with E-state index in [4.69, 9.17) is 5.73 Å². The predicted octanol–water partition coefficient (Wildman–Crippen LogP) is 3.31. The summed E-state index contributed by atoms with van der Waals surface area (Å²) in [6.07, 6.45) is 4.25. The highest BCUT2D eigenvalue weighted by molar-refractivity contribution is 5.64. The fourth-order valence-corrected chi connectivity index (χ4v) is 2.87. The first kappa shape index (κ1) is 12.0. The molecule has 0 saturated carbocycles. The van der Waals surface area contributed by atoms with Crippen LogP contribution < -0.4 is 10.6 Å². The normalized spacial score (nSPS) is 18.8. The quantitative estimate of drug-likeness (QED) is 0.892. The molecule has 1 aliphatic rings. The van der Waals surface area contributed by atoms with E-state index in [0.29, 0.717) is 6.04 Å². The van der Waals surface area contributed by atoms with Crippen molar-refractivity contribution in [3.8, 4) is 0 Å². The largest absolute Gasteiger partial charge is 0.396 e. The van der Waals surface area contributed by atoms with Crippen molar-refractivity contribution in [3.63, 3.8) is 0 Å². The predicted molar refractivity (Wildman–Crippen MR) is 79.1 cm³/mol. The zero-order valence-electron chi connectivity index (χ0n) is 11.2. The van der Waals surface area contributed by atoms with Crippen molar-refractivity contribution in [2.45, 2.75) is 25.8 Å². The van der Waals surface area contributed by atoms with Gasteiger partial charge in [-0.25, -0.2) is 4.98 Å². The number of aryl methyl sites for hydroxylation is 1. The zero-order valence-corrected chi connectivity index (χ0v) is 11.2. The second-order valence-corrected chi connectivity index (χ2v) is 5.19. The van der Waals surface area contributed by atoms with Crippen molar-refractivity contribution < 1.29 is 0 Å². The number of anilines is 2. The first-order valence-corrected chi connectivity index (χ1v) is 6.79. The highest BCUT2D eigenvalue weighted by Crippen LogP contribution is 2.37. The summed E-state index contributed by atoms with van der Waals surface area (Å²) in [6.45, 7) is 3.05. The van der Waals surface area contributed by atoms with Crippen LogP contribution in [0.15, 0.2) is 42.6 Å². The monoisotopic (exact) mass is 253 g/mol. The molecule has 2 N–H and O–H groups in total. The van der Waals surface area contributed by atoms with Crippen molar-refractivity contribution >= 4 is 11.5 Å². The van der Waals surface area contributed by atoms with Gasteiger partial charge in [0.25, 0.3) is 0 Å². The van der Waals surface area contributed by atoms with Gasteiger partial charge in [0.15, 0.2) is 5.82 Å². The summed E-state index contributed by atoms with van der Waals surface area (Å²) >= 11 is 0. The molecule has 3 rings (SSSR count). The van der Waals surface area contributed by atoms with Crippen LogP contribution >= 0.6 is 0 Å². The lowest BCUT2D eigenvalue weighted by molar-refractivity contribution is 0.712. The van der Waals surface area contributed by atoms with E-state index in [1.807, 2.05) is 19.2 Å². The summed E-state index contributed by atoms with van der Waals surface area (Å²) in [4.78, 5) is 6.87. The van der Waals surface area contributed by atoms with Crippen LogP contribution in [0.3, 0.4) is 0 Å². The average Bonchev–Trinajstić information content (AvgIpc) is 2.89. The van der Waals surface area contributed by atoms with Crippen LogP contribution in [0.1, 0.15) is 30.0 Å². The number of nitrogens with zero attached hydrogens (tertiary/aromatic N) is 2. The fourth-order valence-electron chi connectivity index (χ4n) is 2.87. The van der Waals surface area contributed by atoms with Gasteiger partial charge in [-0.1, -0.05) is 30.3 Å². The maximum absolute atomic E-state index is 6.14. The van der Waals surface area contributed by atoms with Gasteiger partial charge in [0.2, 0.25) is 0 Å². The molecule has 3 nitrogen and oxygen atoms in total. The molecule has 1 aliphatic heterocycles. The van der Waals surface area contributed by atoms with E-state index in [1.165, 1.54) is 18.4 Å². The minimum Gasteiger partial charge on any atom is -0.396 e. The van der Waals surface area contributed by atoms with Crippen molar-refractivity contribution in [2.24, 2.45) is 0 Å². The number of nitrogen functional groups attached to an aromatic ring is 1. The SMILES string of the molecule is Cc1cnc(N2CCCC2c2ccccc2)c(N)c1. The van der Waals surface area contributed by atoms with Crippen molar-refractivity contribution in [1.82, 2.24) is 4.98 Å². The Morgan fingerprint density at radius 1 is 1.26 bits per heavy atom. The molecule has 0 bridgehead atoms. The molecular formula is C16H19N3. The third kappa shape index (κ3) is 2.28. The third-order valence-corrected chi connectivity index (χ3v) is 3.74. The van der Waals surface area contributed by atoms with E-state index in [1.54, 1.807) is 0 Å². The molecule has 1 saturated heterocycles. The molecule has 0 aliphatic carbocycles. The Hall–Kier alpha value is -2.03. The topological polar surface area (TPSA) is 42.2 Å². The summed E-state index contributed by atoms with van der Waals surface area (Å²) in [5, 5.41) is 0. The summed E-state index contributed by atoms with van der Waals surface area (Å²) in [7, 11) is 0. The minimum atomic E-state index is 0.402. The van der Waals surface area contributed by atoms with E-state index in [2.05, 4.69) is 40.2 Å². The smallest absolute Gasteiger partial charge is 0.152 e. The Balaban J connectivity index is 1.95. The van der Waals surface area contributed by atoms with E-state index >= 15 is 0 Å². The summed E-state index contributed by atoms with van der Waals surface area (Å²) < 4.78 is 0. The summed E-state index contributed by atoms with van der Waals surface area (Å²) in [6, 6.07) is 13.0. The molecule has 1 atom stereocenters. The average molecular weight is 253 g/mol. The van der Waals surface area contributed by atoms with Gasteiger partial charge in [0.1, 0.15) is 0 Å². The van der Waals surface area contributed by atoms with E-state index in [-0.39, 0.29) is 0 Å². The maximum Gasteiger partial charge on any atom is 0.152 e. The molecule has 0 spiro atoms. The van der Waals surface area contributed by atoms with E-state index < -0.39 is 0 Å². The van der Waals surface area contributed by atoms with Gasteiger partial charge in [0, 0.05) is 12.7 Å². The molecule has 0 radical (unpaired) electrons. The lowest BCUT2D eigenvalue weighted by Gasteiger charge is -2.27. The van der Waals surface area contributed by atoms with Crippen LogP contribution in [0.4, 0.5) is 11.5 Å². The molecular weight excluding hydrogens is 234 g/mol. The van der Waals surface area contributed by atoms with Crippen LogP contribution in [0.25, 0.3) is 0 Å². The van der Waals surface area contributed by atoms with Crippen molar-refractivity contribution in [3.05, 3.63) is 53.7 Å². The Morgan fingerprint density at radius 2 is 2.05 bits per heavy atom. The Labute approximate surface area is 114 Å². The van der Waals surface area contributed by atoms with Crippen LogP contribution in [0.2, 0.25) is 0 Å². The van der Waals surface area contributed by atoms with Crippen LogP contribution in [-0.2, 0) is 0 Å². The maximum atomic E-state index is 6.14. The van der Waals surface area contributed by atoms with E-state index in [9.17, 15) is 0 Å². The summed E-state index contributed by atoms with van der Waals surface area (Å²) in [5.41, 5.74) is 9.37. The molecule has 1 aromatic heterocycles. The highest BCUT2D eigenvalue weighted by Gasteiger charge is 2.28. The van der Waals surface area contributed by atoms with Crippen LogP contribution in [0, 0.1) is 6.92 Å². The van der Waals surface area contributed by atoms with Gasteiger partial charge in [-0.15, -0.1) is 0 Å². The number of rotatable bonds is 2. The summed E-state index contributed by atoms with van der Waals surface area (Å²) in [5.74, 6) is 0.928. The van der Waals surface area contributed by atoms with Gasteiger partial charge in [0.05, 0.1) is 11.7 Å². The lowest BCUT2D eigenvalue weighted by atomic mass is 10.0. The molecule has 19 heavy (non-hydrogen) atoms. The molecule has 1 aromatic carbocycles. The molecule has 2 heterocycles. The van der Waals surface area contributed by atoms with Gasteiger partial charge in [-0.05, 0) is 37.0 Å². The number of nitrogens with two attached hydrogens (primary N) is 1. The van der Waals surface area contributed by atoms with Crippen molar-refractivity contribution in [2.75, 3.05) is 17.2 Å². The van der Waals surface area contributed by atoms with Crippen LogP contribution in [-0.4, -0.2) is 11.5 Å². The Kier molecular flexibility index (Phi) is 3.11. The molecule has 98 valence electrons. The second kappa shape index (κ2) is 4.92. The molecule has 1 unspecified atom stereocenters. The van der Waals surface area contributed by atoms with Gasteiger partial charge in [-0.2, -0.15) is 0 Å². The number of hydrogen-bond donors (Lipinski definition) is 1. The molecule has 2 aromatic rings. The third-order valence-electron chi connectivity index (χ3n) is 3.74. The Morgan fingerprint density at radius 3 is 2.79 bits per heavy atom. The number of hydrogen-bond acceptors (Lipinski definition) is 3. The number of aromatic nitrogens is 1. The fraction of sp³-hybridized carbons (Fsp3) is 0.312. The standard InChI is InChI=1S/C16H19N3/c1-12-10-14(17)16(18-11-12)19-9-5-8-15(19)13-6-3-2-4-7-13/h2-4,6-7,10-11,15H,5,8-9,17H2,1H3. The molecule has 3 heteroatoms. The van der Waals surface area contributed by atoms with Gasteiger partial charge in [-0.3, -0.25) is 0 Å². The van der Waals surface area contributed by atoms with Crippen LogP contribution in [0.5, 0.6) is 0 Å². The first-order valence-electron chi connectivity index (χ1n) is 6.79. The van der Waals surface area contributed by atoms with Gasteiger partial charge >= 0.3 is 0 Å². The molecule has 0 amide bonds. The number of pyridine rings is 1. The number of benzene rings is 1. The molecule has 1 fully saturated rings. The minimum absolute atomic E-state index is 0.402. The van der Waals surface area contributed by atoms with Gasteiger partial charge < -0.3 is 10.6 Å². The van der Waals surface area contributed by atoms with Crippen molar-refractivity contribution in [1.29, 1.82) is 0 Å². The lowest BCUT2D eigenvalue weighted by Crippen LogP contribution is -2.24. The highest BCUT2D eigenvalue weighted by atomic mass is 15.2. The zero-order chi connectivity index (χ0) is 13.2. The van der Waals surface area contributed by atoms with E-state index in [0.717, 1.165) is 23.6 Å². The second-order valence-electron chi connectivity index (χ2n) is 5.19.